The molecule has 31 heavy (non-hydrogen) atoms. The largest absolute Gasteiger partial charge is 0.489 e. The maximum absolute atomic E-state index is 12.5. The van der Waals surface area contributed by atoms with Gasteiger partial charge in [-0.3, -0.25) is 9.69 Å². The third-order valence-electron chi connectivity index (χ3n) is 4.75. The maximum atomic E-state index is 12.5. The Morgan fingerprint density at radius 1 is 1.03 bits per heavy atom. The molecule has 2 amide bonds. The molecule has 3 aromatic rings. The number of anilines is 2. The summed E-state index contributed by atoms with van der Waals surface area (Å²) in [6.07, 6.45) is 2.76. The van der Waals surface area contributed by atoms with Gasteiger partial charge in [-0.15, -0.1) is 0 Å². The van der Waals surface area contributed by atoms with Crippen LogP contribution < -0.4 is 15.0 Å². The standard InChI is InChI=1S/C25H22N2O4/c28-24(26-22-11-4-5-12-23(22)27-15-16-30-25(27)29)14-13-19-9-6-10-21(17-19)31-18-20-7-2-1-3-8-20/h1-14,17H,15-16,18H2,(H,26,28)/b14-13+. The Balaban J connectivity index is 1.39. The first-order valence-electron chi connectivity index (χ1n) is 9.98. The average molecular weight is 414 g/mol. The van der Waals surface area contributed by atoms with E-state index >= 15 is 0 Å². The first-order valence-corrected chi connectivity index (χ1v) is 9.98. The van der Waals surface area contributed by atoms with Crippen LogP contribution in [0, 0.1) is 0 Å². The zero-order valence-corrected chi connectivity index (χ0v) is 16.9. The van der Waals surface area contributed by atoms with Gasteiger partial charge in [0.15, 0.2) is 0 Å². The zero-order valence-electron chi connectivity index (χ0n) is 16.9. The number of hydrogen-bond donors (Lipinski definition) is 1. The van der Waals surface area contributed by atoms with Crippen LogP contribution in [0.25, 0.3) is 6.08 Å². The molecule has 1 aliphatic rings. The molecule has 4 rings (SSSR count). The Kier molecular flexibility index (Phi) is 6.28. The Morgan fingerprint density at radius 3 is 2.65 bits per heavy atom. The van der Waals surface area contributed by atoms with Crippen molar-refractivity contribution in [2.24, 2.45) is 0 Å². The topological polar surface area (TPSA) is 67.9 Å². The minimum atomic E-state index is -0.412. The van der Waals surface area contributed by atoms with Crippen molar-refractivity contribution in [1.82, 2.24) is 0 Å². The van der Waals surface area contributed by atoms with Crippen molar-refractivity contribution in [3.8, 4) is 5.75 Å². The van der Waals surface area contributed by atoms with E-state index in [0.717, 1.165) is 16.9 Å². The quantitative estimate of drug-likeness (QED) is 0.560. The lowest BCUT2D eigenvalue weighted by atomic mass is 10.2. The highest BCUT2D eigenvalue weighted by Gasteiger charge is 2.25. The second-order valence-electron chi connectivity index (χ2n) is 6.95. The first kappa shape index (κ1) is 20.2. The predicted octanol–water partition coefficient (Wildman–Crippen LogP) is 4.87. The van der Waals surface area contributed by atoms with E-state index < -0.39 is 6.09 Å². The molecule has 0 aromatic heterocycles. The van der Waals surface area contributed by atoms with Gasteiger partial charge in [0, 0.05) is 6.08 Å². The van der Waals surface area contributed by atoms with Crippen molar-refractivity contribution in [2.45, 2.75) is 6.61 Å². The summed E-state index contributed by atoms with van der Waals surface area (Å²) in [6.45, 7) is 1.27. The van der Waals surface area contributed by atoms with E-state index in [1.165, 1.54) is 11.0 Å². The van der Waals surface area contributed by atoms with E-state index in [2.05, 4.69) is 5.32 Å². The highest BCUT2D eigenvalue weighted by atomic mass is 16.6. The molecule has 6 heteroatoms. The smallest absolute Gasteiger partial charge is 0.414 e. The number of rotatable bonds is 7. The van der Waals surface area contributed by atoms with Crippen LogP contribution in [0.15, 0.2) is 84.9 Å². The van der Waals surface area contributed by atoms with Gasteiger partial charge in [-0.05, 0) is 41.5 Å². The van der Waals surface area contributed by atoms with Crippen molar-refractivity contribution >= 4 is 29.5 Å². The molecule has 1 fully saturated rings. The number of carbonyl (C=O) groups excluding carboxylic acids is 2. The van der Waals surface area contributed by atoms with Crippen molar-refractivity contribution in [3.05, 3.63) is 96.1 Å². The van der Waals surface area contributed by atoms with E-state index in [-0.39, 0.29) is 5.91 Å². The second kappa shape index (κ2) is 9.63. The molecule has 0 bridgehead atoms. The molecule has 0 spiro atoms. The summed E-state index contributed by atoms with van der Waals surface area (Å²) >= 11 is 0. The number of ether oxygens (including phenoxy) is 2. The van der Waals surface area contributed by atoms with Gasteiger partial charge < -0.3 is 14.8 Å². The van der Waals surface area contributed by atoms with Gasteiger partial charge in [-0.25, -0.2) is 4.79 Å². The number of nitrogens with one attached hydrogen (secondary N) is 1. The number of hydrogen-bond acceptors (Lipinski definition) is 4. The van der Waals surface area contributed by atoms with Crippen LogP contribution in [0.2, 0.25) is 0 Å². The molecule has 1 heterocycles. The first-order chi connectivity index (χ1) is 15.2. The highest BCUT2D eigenvalue weighted by molar-refractivity contribution is 6.05. The van der Waals surface area contributed by atoms with E-state index in [1.807, 2.05) is 60.7 Å². The summed E-state index contributed by atoms with van der Waals surface area (Å²) in [5.74, 6) is 0.430. The lowest BCUT2D eigenvalue weighted by molar-refractivity contribution is -0.111. The van der Waals surface area contributed by atoms with Crippen LogP contribution in [-0.4, -0.2) is 25.2 Å². The molecule has 3 aromatic carbocycles. The number of amides is 2. The van der Waals surface area contributed by atoms with Gasteiger partial charge in [0.25, 0.3) is 0 Å². The number of nitrogens with zero attached hydrogens (tertiary/aromatic N) is 1. The van der Waals surface area contributed by atoms with Crippen molar-refractivity contribution < 1.29 is 19.1 Å². The minimum Gasteiger partial charge on any atom is -0.489 e. The molecule has 6 nitrogen and oxygen atoms in total. The molecule has 0 atom stereocenters. The molecule has 1 N–H and O–H groups in total. The lowest BCUT2D eigenvalue weighted by Gasteiger charge is -2.17. The summed E-state index contributed by atoms with van der Waals surface area (Å²) in [6, 6.07) is 24.6. The summed E-state index contributed by atoms with van der Waals surface area (Å²) in [7, 11) is 0. The van der Waals surface area contributed by atoms with Crippen LogP contribution in [0.4, 0.5) is 16.2 Å². The Hall–Kier alpha value is -4.06. The fourth-order valence-corrected chi connectivity index (χ4v) is 3.22. The van der Waals surface area contributed by atoms with Crippen LogP contribution in [0.5, 0.6) is 5.75 Å². The Morgan fingerprint density at radius 2 is 1.84 bits per heavy atom. The van der Waals surface area contributed by atoms with E-state index in [0.29, 0.717) is 31.1 Å². The SMILES string of the molecule is O=C(/C=C/c1cccc(OCc2ccccc2)c1)Nc1ccccc1N1CCOC1=O. The molecule has 1 aliphatic heterocycles. The van der Waals surface area contributed by atoms with Gasteiger partial charge in [-0.2, -0.15) is 0 Å². The summed E-state index contributed by atoms with van der Waals surface area (Å²) in [5.41, 5.74) is 3.10. The van der Waals surface area contributed by atoms with Crippen LogP contribution in [-0.2, 0) is 16.1 Å². The lowest BCUT2D eigenvalue weighted by Crippen LogP contribution is -2.25. The zero-order chi connectivity index (χ0) is 21.5. The van der Waals surface area contributed by atoms with Crippen molar-refractivity contribution in [3.63, 3.8) is 0 Å². The molecule has 1 saturated heterocycles. The molecular weight excluding hydrogens is 392 g/mol. The summed E-state index contributed by atoms with van der Waals surface area (Å²) < 4.78 is 10.8. The van der Waals surface area contributed by atoms with Gasteiger partial charge in [0.05, 0.1) is 17.9 Å². The number of carbonyl (C=O) groups is 2. The normalized spacial score (nSPS) is 13.3. The number of para-hydroxylation sites is 2. The molecule has 0 radical (unpaired) electrons. The number of benzene rings is 3. The second-order valence-corrected chi connectivity index (χ2v) is 6.95. The van der Waals surface area contributed by atoms with Crippen LogP contribution in [0.3, 0.4) is 0 Å². The third-order valence-corrected chi connectivity index (χ3v) is 4.75. The Bertz CT molecular complexity index is 1100. The summed E-state index contributed by atoms with van der Waals surface area (Å²) in [5, 5.41) is 2.83. The minimum absolute atomic E-state index is 0.296. The van der Waals surface area contributed by atoms with Crippen LogP contribution in [0.1, 0.15) is 11.1 Å². The fourth-order valence-electron chi connectivity index (χ4n) is 3.22. The Labute approximate surface area is 180 Å². The van der Waals surface area contributed by atoms with Crippen molar-refractivity contribution in [1.29, 1.82) is 0 Å². The number of cyclic esters (lactones) is 1. The molecule has 156 valence electrons. The van der Waals surface area contributed by atoms with E-state index in [1.54, 1.807) is 24.3 Å². The average Bonchev–Trinajstić information content (AvgIpc) is 3.23. The van der Waals surface area contributed by atoms with Gasteiger partial charge in [0.1, 0.15) is 19.0 Å². The van der Waals surface area contributed by atoms with E-state index in [4.69, 9.17) is 9.47 Å². The van der Waals surface area contributed by atoms with Gasteiger partial charge in [-0.1, -0.05) is 54.6 Å². The molecular formula is C25H22N2O4. The monoisotopic (exact) mass is 414 g/mol. The van der Waals surface area contributed by atoms with Gasteiger partial charge >= 0.3 is 6.09 Å². The molecule has 0 aliphatic carbocycles. The predicted molar refractivity (Wildman–Crippen MR) is 120 cm³/mol. The van der Waals surface area contributed by atoms with Crippen molar-refractivity contribution in [2.75, 3.05) is 23.4 Å². The maximum Gasteiger partial charge on any atom is 0.414 e. The third kappa shape index (κ3) is 5.30. The van der Waals surface area contributed by atoms with E-state index in [9.17, 15) is 9.59 Å². The van der Waals surface area contributed by atoms with Crippen LogP contribution >= 0.6 is 0 Å². The molecule has 0 unspecified atom stereocenters. The summed E-state index contributed by atoms with van der Waals surface area (Å²) in [4.78, 5) is 25.8. The fraction of sp³-hybridized carbons (Fsp3) is 0.120. The van der Waals surface area contributed by atoms with Gasteiger partial charge in [0.2, 0.25) is 5.91 Å². The highest BCUT2D eigenvalue weighted by Crippen LogP contribution is 2.28. The molecule has 0 saturated carbocycles.